The first kappa shape index (κ1) is 12.6. The zero-order chi connectivity index (χ0) is 9.23. The van der Waals surface area contributed by atoms with Gasteiger partial charge in [-0.15, -0.1) is 0 Å². The van der Waals surface area contributed by atoms with Gasteiger partial charge in [-0.3, -0.25) is 0 Å². The molecule has 0 aliphatic carbocycles. The van der Waals surface area contributed by atoms with E-state index >= 15 is 0 Å². The van der Waals surface area contributed by atoms with Crippen molar-refractivity contribution in [1.29, 1.82) is 0 Å². The second-order valence-electron chi connectivity index (χ2n) is 4.10. The third-order valence-corrected chi connectivity index (χ3v) is 2.60. The van der Waals surface area contributed by atoms with Crippen LogP contribution in [0.5, 0.6) is 0 Å². The average Bonchev–Trinajstić information content (AvgIpc) is 2.06. The molecule has 0 saturated carbocycles. The molecule has 0 N–H and O–H groups in total. The van der Waals surface area contributed by atoms with Crippen molar-refractivity contribution >= 4 is 17.7 Å². The van der Waals surface area contributed by atoms with Crippen LogP contribution in [0.25, 0.3) is 0 Å². The summed E-state index contributed by atoms with van der Waals surface area (Å²) in [5.41, 5.74) is 0. The molecular formula is C11H23Li. The first-order chi connectivity index (χ1) is 5.81. The summed E-state index contributed by atoms with van der Waals surface area (Å²) in [6.07, 6.45) is 11.4. The van der Waals surface area contributed by atoms with E-state index in [1.165, 1.54) is 51.4 Å². The summed E-state index contributed by atoms with van der Waals surface area (Å²) < 4.78 is 0.975. The van der Waals surface area contributed by atoms with Gasteiger partial charge in [-0.1, -0.05) is 0 Å². The molecule has 12 heavy (non-hydrogen) atoms. The van der Waals surface area contributed by atoms with Crippen LogP contribution in [-0.2, 0) is 0 Å². The van der Waals surface area contributed by atoms with Crippen LogP contribution < -0.4 is 0 Å². The first-order valence-corrected chi connectivity index (χ1v) is 5.81. The van der Waals surface area contributed by atoms with Crippen LogP contribution in [0.2, 0.25) is 4.59 Å². The van der Waals surface area contributed by atoms with Crippen molar-refractivity contribution in [3.05, 3.63) is 0 Å². The molecule has 0 rings (SSSR count). The first-order valence-electron chi connectivity index (χ1n) is 5.81. The molecule has 0 spiro atoms. The normalized spacial score (nSPS) is 11.1. The Balaban J connectivity index is 3.04. The molecule has 0 aromatic rings. The Morgan fingerprint density at radius 3 is 1.58 bits per heavy atom. The minimum atomic E-state index is 0.975. The van der Waals surface area contributed by atoms with Gasteiger partial charge in [0.2, 0.25) is 0 Å². The Kier molecular flexibility index (Phi) is 10.2. The van der Waals surface area contributed by atoms with Crippen molar-refractivity contribution in [2.24, 2.45) is 0 Å². The quantitative estimate of drug-likeness (QED) is 0.372. The Labute approximate surface area is 87.7 Å². The Bertz CT molecular complexity index is 71.1. The van der Waals surface area contributed by atoms with Gasteiger partial charge in [0.25, 0.3) is 0 Å². The molecule has 0 atom stereocenters. The molecule has 0 aliphatic rings. The fraction of sp³-hybridized carbons (Fsp3) is 1.00. The van der Waals surface area contributed by atoms with Gasteiger partial charge in [-0.2, -0.15) is 0 Å². The second kappa shape index (κ2) is 9.68. The SMILES string of the molecule is [Li][CH](CCCCC)CCCCC. The van der Waals surface area contributed by atoms with Gasteiger partial charge in [-0.05, 0) is 0 Å². The summed E-state index contributed by atoms with van der Waals surface area (Å²) >= 11 is 2.41. The van der Waals surface area contributed by atoms with Crippen LogP contribution in [0.1, 0.15) is 65.2 Å². The third-order valence-electron chi connectivity index (χ3n) is 2.60. The molecule has 0 bridgehead atoms. The molecule has 68 valence electrons. The fourth-order valence-corrected chi connectivity index (χ4v) is 1.63. The van der Waals surface area contributed by atoms with E-state index in [4.69, 9.17) is 0 Å². The van der Waals surface area contributed by atoms with Crippen molar-refractivity contribution in [3.8, 4) is 0 Å². The standard InChI is InChI=1S/C11H23.Li/c1-3-5-7-9-11-10-8-6-4-2;/h11H,3-10H2,1-2H3;. The van der Waals surface area contributed by atoms with E-state index in [1.54, 1.807) is 0 Å². The maximum absolute atomic E-state index is 2.41. The summed E-state index contributed by atoms with van der Waals surface area (Å²) in [6.45, 7) is 4.56. The summed E-state index contributed by atoms with van der Waals surface area (Å²) in [5.74, 6) is 0. The van der Waals surface area contributed by atoms with E-state index in [-0.39, 0.29) is 0 Å². The van der Waals surface area contributed by atoms with E-state index < -0.39 is 0 Å². The second-order valence-corrected chi connectivity index (χ2v) is 4.10. The van der Waals surface area contributed by atoms with Crippen LogP contribution in [0.3, 0.4) is 0 Å². The minimum absolute atomic E-state index is 0.975. The predicted molar refractivity (Wildman–Crippen MR) is 57.8 cm³/mol. The van der Waals surface area contributed by atoms with Crippen molar-refractivity contribution in [3.63, 3.8) is 0 Å². The molecule has 0 aromatic carbocycles. The number of hydrogen-bond acceptors (Lipinski definition) is 0. The van der Waals surface area contributed by atoms with Crippen molar-refractivity contribution in [1.82, 2.24) is 0 Å². The van der Waals surface area contributed by atoms with Crippen LogP contribution in [-0.4, -0.2) is 17.7 Å². The Morgan fingerprint density at radius 2 is 1.25 bits per heavy atom. The van der Waals surface area contributed by atoms with Gasteiger partial charge in [0.1, 0.15) is 0 Å². The summed E-state index contributed by atoms with van der Waals surface area (Å²) in [6, 6.07) is 0. The van der Waals surface area contributed by atoms with Gasteiger partial charge in [0.05, 0.1) is 0 Å². The number of hydrogen-bond donors (Lipinski definition) is 0. The molecule has 0 aliphatic heterocycles. The van der Waals surface area contributed by atoms with Gasteiger partial charge < -0.3 is 0 Å². The van der Waals surface area contributed by atoms with Crippen molar-refractivity contribution in [2.45, 2.75) is 69.8 Å². The van der Waals surface area contributed by atoms with Gasteiger partial charge in [0, 0.05) is 0 Å². The summed E-state index contributed by atoms with van der Waals surface area (Å²) in [4.78, 5) is 0. The molecule has 0 heterocycles. The van der Waals surface area contributed by atoms with E-state index in [9.17, 15) is 0 Å². The number of unbranched alkanes of at least 4 members (excludes halogenated alkanes) is 4. The molecule has 0 fully saturated rings. The topological polar surface area (TPSA) is 0 Å². The maximum atomic E-state index is 2.41. The molecular weight excluding hydrogens is 139 g/mol. The zero-order valence-corrected chi connectivity index (χ0v) is 9.23. The van der Waals surface area contributed by atoms with E-state index in [0.717, 1.165) is 4.59 Å². The van der Waals surface area contributed by atoms with Crippen LogP contribution in [0, 0.1) is 0 Å². The average molecular weight is 162 g/mol. The molecule has 0 radical (unpaired) electrons. The molecule has 0 saturated heterocycles. The van der Waals surface area contributed by atoms with Crippen LogP contribution in [0.15, 0.2) is 0 Å². The molecule has 0 amide bonds. The fourth-order valence-electron chi connectivity index (χ4n) is 1.63. The van der Waals surface area contributed by atoms with Gasteiger partial charge in [0.15, 0.2) is 0 Å². The molecule has 0 unspecified atom stereocenters. The van der Waals surface area contributed by atoms with Gasteiger partial charge in [-0.25, -0.2) is 0 Å². The third kappa shape index (κ3) is 8.69. The van der Waals surface area contributed by atoms with E-state index in [1.807, 2.05) is 0 Å². The molecule has 0 nitrogen and oxygen atoms in total. The Hall–Kier alpha value is 0.597. The van der Waals surface area contributed by atoms with E-state index in [2.05, 4.69) is 31.6 Å². The monoisotopic (exact) mass is 162 g/mol. The summed E-state index contributed by atoms with van der Waals surface area (Å²) in [5, 5.41) is 0. The van der Waals surface area contributed by atoms with Crippen molar-refractivity contribution < 1.29 is 0 Å². The van der Waals surface area contributed by atoms with Crippen LogP contribution in [0.4, 0.5) is 0 Å². The zero-order valence-electron chi connectivity index (χ0n) is 9.23. The van der Waals surface area contributed by atoms with Crippen LogP contribution >= 0.6 is 0 Å². The molecule has 0 aromatic heterocycles. The Morgan fingerprint density at radius 1 is 0.833 bits per heavy atom. The van der Waals surface area contributed by atoms with Crippen molar-refractivity contribution in [2.75, 3.05) is 0 Å². The molecule has 1 heteroatoms. The van der Waals surface area contributed by atoms with Gasteiger partial charge >= 0.3 is 87.5 Å². The predicted octanol–water partition coefficient (Wildman–Crippen LogP) is 4.10. The summed E-state index contributed by atoms with van der Waals surface area (Å²) in [7, 11) is 0. The van der Waals surface area contributed by atoms with E-state index in [0.29, 0.717) is 0 Å². The number of rotatable bonds is 8.